The van der Waals surface area contributed by atoms with Crippen molar-refractivity contribution in [2.45, 2.75) is 32.4 Å². The first-order chi connectivity index (χ1) is 13.0. The van der Waals surface area contributed by atoms with E-state index in [1.807, 2.05) is 4.98 Å². The average molecular weight is 486 g/mol. The molecule has 5 N–H and O–H groups in total. The van der Waals surface area contributed by atoms with Gasteiger partial charge in [0, 0.05) is 12.3 Å². The van der Waals surface area contributed by atoms with Crippen LogP contribution in [0.25, 0.3) is 0 Å². The third kappa shape index (κ3) is 9.55. The molecule has 1 heterocycles. The number of aromatic amines is 1. The van der Waals surface area contributed by atoms with E-state index in [0.717, 1.165) is 19.2 Å². The topological polar surface area (TPSA) is 224 Å². The van der Waals surface area contributed by atoms with Gasteiger partial charge in [-0.15, -0.1) is 0 Å². The van der Waals surface area contributed by atoms with Gasteiger partial charge in [-0.3, -0.25) is 18.9 Å². The Kier molecular flexibility index (Phi) is 8.84. The quantitative estimate of drug-likeness (QED) is 0.263. The van der Waals surface area contributed by atoms with Crippen molar-refractivity contribution in [3.05, 3.63) is 33.1 Å². The maximum atomic E-state index is 13.8. The predicted octanol–water partition coefficient (Wildman–Crippen LogP) is 0.142. The lowest BCUT2D eigenvalue weighted by Crippen LogP contribution is -2.37. The highest BCUT2D eigenvalue weighted by Crippen LogP contribution is 2.66. The molecule has 168 valence electrons. The summed E-state index contributed by atoms with van der Waals surface area (Å²) < 4.78 is 64.5. The van der Waals surface area contributed by atoms with Crippen molar-refractivity contribution >= 4 is 23.5 Å². The third-order valence-electron chi connectivity index (χ3n) is 2.78. The average Bonchev–Trinajstić information content (AvgIpc) is 2.47. The van der Waals surface area contributed by atoms with Crippen molar-refractivity contribution in [3.63, 3.8) is 0 Å². The number of hydrogen-bond donors (Lipinski definition) is 5. The van der Waals surface area contributed by atoms with Crippen LogP contribution in [0.2, 0.25) is 0 Å². The van der Waals surface area contributed by atoms with E-state index < -0.39 is 59.8 Å². The number of phosphoric acid groups is 3. The first-order valence-corrected chi connectivity index (χ1v) is 11.9. The van der Waals surface area contributed by atoms with E-state index in [1.165, 1.54) is 6.92 Å². The van der Waals surface area contributed by atoms with Crippen LogP contribution in [-0.4, -0.2) is 48.0 Å². The van der Waals surface area contributed by atoms with Gasteiger partial charge in [-0.25, -0.2) is 22.9 Å². The van der Waals surface area contributed by atoms with Gasteiger partial charge in [0.15, 0.2) is 6.23 Å². The Morgan fingerprint density at radius 3 is 2.17 bits per heavy atom. The Hall–Kier alpha value is -1.02. The summed E-state index contributed by atoms with van der Waals surface area (Å²) >= 11 is 0. The molecule has 0 bridgehead atoms. The first-order valence-electron chi connectivity index (χ1n) is 7.41. The first kappa shape index (κ1) is 26.0. The number of hydrogen-bond acceptors (Lipinski definition) is 9. The molecular formula is C10H18FN2O13P3. The number of aromatic nitrogens is 2. The van der Waals surface area contributed by atoms with Crippen molar-refractivity contribution in [2.24, 2.45) is 0 Å². The number of nitrogens with one attached hydrogen (secondary N) is 1. The smallest absolute Gasteiger partial charge is 0.349 e. The molecule has 1 aromatic heterocycles. The minimum atomic E-state index is -5.68. The molecule has 0 aliphatic rings. The van der Waals surface area contributed by atoms with Crippen molar-refractivity contribution in [1.29, 1.82) is 0 Å². The number of alkyl halides is 1. The lowest BCUT2D eigenvalue weighted by atomic mass is 10.3. The van der Waals surface area contributed by atoms with Gasteiger partial charge in [-0.2, -0.15) is 8.62 Å². The van der Waals surface area contributed by atoms with Crippen LogP contribution < -0.4 is 11.2 Å². The molecule has 2 unspecified atom stereocenters. The van der Waals surface area contributed by atoms with Crippen molar-refractivity contribution in [3.8, 4) is 0 Å². The van der Waals surface area contributed by atoms with E-state index in [1.54, 1.807) is 0 Å². The summed E-state index contributed by atoms with van der Waals surface area (Å²) in [5.41, 5.74) is -1.73. The van der Waals surface area contributed by atoms with Crippen LogP contribution in [0, 0.1) is 0 Å². The fraction of sp³-hybridized carbons (Fsp3) is 0.600. The molecular weight excluding hydrogens is 468 g/mol. The molecule has 0 aliphatic carbocycles. The van der Waals surface area contributed by atoms with Crippen LogP contribution in [0.3, 0.4) is 0 Å². The summed E-state index contributed by atoms with van der Waals surface area (Å²) in [6.07, 6.45) is -3.65. The van der Waals surface area contributed by atoms with E-state index in [0.29, 0.717) is 4.57 Å². The lowest BCUT2D eigenvalue weighted by Gasteiger charge is -2.25. The van der Waals surface area contributed by atoms with Crippen LogP contribution in [0.1, 0.15) is 20.1 Å². The number of ether oxygens (including phenoxy) is 1. The van der Waals surface area contributed by atoms with Gasteiger partial charge in [0.05, 0.1) is 12.7 Å². The van der Waals surface area contributed by atoms with Gasteiger partial charge in [0.2, 0.25) is 0 Å². The van der Waals surface area contributed by atoms with Crippen LogP contribution in [0.5, 0.6) is 0 Å². The van der Waals surface area contributed by atoms with Gasteiger partial charge in [-0.05, 0) is 13.8 Å². The Morgan fingerprint density at radius 1 is 1.10 bits per heavy atom. The van der Waals surface area contributed by atoms with Crippen LogP contribution in [0.15, 0.2) is 21.9 Å². The number of rotatable bonds is 11. The molecule has 0 aliphatic heterocycles. The molecule has 1 aromatic rings. The Morgan fingerprint density at radius 2 is 1.69 bits per heavy atom. The molecule has 29 heavy (non-hydrogen) atoms. The summed E-state index contributed by atoms with van der Waals surface area (Å²) in [5, 5.41) is 0. The fourth-order valence-corrected chi connectivity index (χ4v) is 4.90. The molecule has 0 aromatic carbocycles. The second-order valence-corrected chi connectivity index (χ2v) is 9.84. The molecule has 0 radical (unpaired) electrons. The zero-order chi connectivity index (χ0) is 22.6. The van der Waals surface area contributed by atoms with E-state index in [2.05, 4.69) is 13.1 Å². The fourth-order valence-electron chi connectivity index (χ4n) is 1.80. The molecule has 0 saturated heterocycles. The summed E-state index contributed by atoms with van der Waals surface area (Å²) in [5.74, 6) is 0. The highest BCUT2D eigenvalue weighted by molar-refractivity contribution is 7.66. The molecule has 0 saturated carbocycles. The van der Waals surface area contributed by atoms with Gasteiger partial charge in [0.1, 0.15) is 6.17 Å². The lowest BCUT2D eigenvalue weighted by molar-refractivity contribution is -0.0990. The maximum absolute atomic E-state index is 13.8. The molecule has 0 fully saturated rings. The second kappa shape index (κ2) is 9.86. The SMILES string of the molecule is C[C@H](F)[C@@H](O[C@@H](C)COP(=O)(O)OP(=O)(O)OP(=O)(O)O)n1ccc(=O)[nH]c1=O. The van der Waals surface area contributed by atoms with E-state index >= 15 is 0 Å². The van der Waals surface area contributed by atoms with Gasteiger partial charge in [0.25, 0.3) is 5.56 Å². The van der Waals surface area contributed by atoms with Gasteiger partial charge in [-0.1, -0.05) is 0 Å². The second-order valence-electron chi connectivity index (χ2n) is 5.42. The Balaban J connectivity index is 2.79. The third-order valence-corrected chi connectivity index (χ3v) is 6.58. The summed E-state index contributed by atoms with van der Waals surface area (Å²) in [4.78, 5) is 59.9. The maximum Gasteiger partial charge on any atom is 0.490 e. The molecule has 0 spiro atoms. The highest BCUT2D eigenvalue weighted by atomic mass is 31.3. The van der Waals surface area contributed by atoms with E-state index in [9.17, 15) is 32.6 Å². The van der Waals surface area contributed by atoms with E-state index in [-0.39, 0.29) is 0 Å². The summed E-state index contributed by atoms with van der Waals surface area (Å²) in [7, 11) is -16.6. The minimum absolute atomic E-state index is 0.702. The van der Waals surface area contributed by atoms with E-state index in [4.69, 9.17) is 19.4 Å². The number of phosphoric ester groups is 1. The van der Waals surface area contributed by atoms with Crippen LogP contribution in [-0.2, 0) is 31.6 Å². The zero-order valence-corrected chi connectivity index (χ0v) is 17.4. The van der Waals surface area contributed by atoms with Crippen LogP contribution in [0.4, 0.5) is 4.39 Å². The zero-order valence-electron chi connectivity index (χ0n) is 14.7. The monoisotopic (exact) mass is 486 g/mol. The highest BCUT2D eigenvalue weighted by Gasteiger charge is 2.41. The Labute approximate surface area is 161 Å². The van der Waals surface area contributed by atoms with Crippen LogP contribution >= 0.6 is 23.5 Å². The van der Waals surface area contributed by atoms with Crippen molar-refractivity contribution < 1.29 is 55.5 Å². The number of nitrogens with zero attached hydrogens (tertiary/aromatic N) is 1. The Bertz CT molecular complexity index is 955. The van der Waals surface area contributed by atoms with Gasteiger partial charge >= 0.3 is 29.2 Å². The van der Waals surface area contributed by atoms with Crippen molar-refractivity contribution in [1.82, 2.24) is 9.55 Å². The number of halogens is 1. The predicted molar refractivity (Wildman–Crippen MR) is 91.3 cm³/mol. The summed E-state index contributed by atoms with van der Waals surface area (Å²) in [6, 6.07) is 0.927. The summed E-state index contributed by atoms with van der Waals surface area (Å²) in [6.45, 7) is 1.37. The van der Waals surface area contributed by atoms with Crippen molar-refractivity contribution in [2.75, 3.05) is 6.61 Å². The molecule has 19 heteroatoms. The number of H-pyrrole nitrogens is 1. The standard InChI is InChI=1S/C10H18FN2O13P3/c1-6(5-23-28(19,20)26-29(21,22)25-27(16,17)18)24-9(7(2)11)13-4-3-8(14)12-10(13)15/h3-4,6-7,9H,5H2,1-2H3,(H,19,20)(H,21,22)(H,12,14,15)(H2,16,17,18)/t6-,7-,9+/m0/s1. The largest absolute Gasteiger partial charge is 0.490 e. The molecule has 15 nitrogen and oxygen atoms in total. The molecule has 0 amide bonds. The molecule has 5 atom stereocenters. The molecule has 1 rings (SSSR count). The minimum Gasteiger partial charge on any atom is -0.349 e. The normalized spacial score (nSPS) is 19.7. The van der Waals surface area contributed by atoms with Gasteiger partial charge < -0.3 is 24.3 Å².